The second kappa shape index (κ2) is 7.87. The number of hydrogen-bond donors (Lipinski definition) is 3. The molecule has 0 aromatic heterocycles. The van der Waals surface area contributed by atoms with Crippen LogP contribution in [0.25, 0.3) is 0 Å². The van der Waals surface area contributed by atoms with Crippen molar-refractivity contribution < 1.29 is 14.7 Å². The van der Waals surface area contributed by atoms with Crippen molar-refractivity contribution in [2.75, 3.05) is 11.9 Å². The molecule has 1 rings (SSSR count). The monoisotopic (exact) mass is 298 g/mol. The van der Waals surface area contributed by atoms with Gasteiger partial charge in [-0.2, -0.15) is 0 Å². The summed E-state index contributed by atoms with van der Waals surface area (Å²) in [7, 11) is 0. The van der Waals surface area contributed by atoms with Gasteiger partial charge in [-0.3, -0.25) is 9.59 Å². The van der Waals surface area contributed by atoms with E-state index in [0.29, 0.717) is 17.1 Å². The molecule has 1 atom stereocenters. The Hall–Kier alpha value is -1.59. The second-order valence-corrected chi connectivity index (χ2v) is 5.00. The first-order valence-corrected chi connectivity index (χ1v) is 6.85. The van der Waals surface area contributed by atoms with Crippen LogP contribution in [0.4, 0.5) is 5.69 Å². The van der Waals surface area contributed by atoms with Crippen LogP contribution in [0, 0.1) is 6.92 Å². The van der Waals surface area contributed by atoms with Gasteiger partial charge >= 0.3 is 11.8 Å². The minimum Gasteiger partial charge on any atom is -0.391 e. The van der Waals surface area contributed by atoms with Crippen molar-refractivity contribution in [3.05, 3.63) is 28.8 Å². The van der Waals surface area contributed by atoms with Crippen LogP contribution < -0.4 is 10.6 Å². The van der Waals surface area contributed by atoms with Gasteiger partial charge in [0.25, 0.3) is 0 Å². The Balaban J connectivity index is 2.53. The molecule has 2 amide bonds. The summed E-state index contributed by atoms with van der Waals surface area (Å²) in [5, 5.41) is 14.7. The summed E-state index contributed by atoms with van der Waals surface area (Å²) in [6.07, 6.45) is 0.743. The van der Waals surface area contributed by atoms with Crippen molar-refractivity contribution in [1.29, 1.82) is 0 Å². The highest BCUT2D eigenvalue weighted by atomic mass is 35.5. The fourth-order valence-electron chi connectivity index (χ4n) is 1.64. The summed E-state index contributed by atoms with van der Waals surface area (Å²) >= 11 is 5.93. The minimum atomic E-state index is -0.804. The third-order valence-electron chi connectivity index (χ3n) is 2.70. The molecule has 5 nitrogen and oxygen atoms in total. The van der Waals surface area contributed by atoms with Gasteiger partial charge in [-0.1, -0.05) is 31.0 Å². The van der Waals surface area contributed by atoms with Gasteiger partial charge in [0.1, 0.15) is 0 Å². The van der Waals surface area contributed by atoms with Crippen molar-refractivity contribution in [3.63, 3.8) is 0 Å². The average Bonchev–Trinajstić information content (AvgIpc) is 2.40. The number of amides is 2. The Bertz CT molecular complexity index is 491. The number of hydrogen-bond acceptors (Lipinski definition) is 3. The van der Waals surface area contributed by atoms with E-state index in [4.69, 9.17) is 11.6 Å². The molecule has 0 saturated heterocycles. The summed E-state index contributed by atoms with van der Waals surface area (Å²) in [4.78, 5) is 23.3. The molecule has 0 aliphatic carbocycles. The number of halogens is 1. The number of aliphatic hydroxyl groups excluding tert-OH is 1. The highest BCUT2D eigenvalue weighted by molar-refractivity contribution is 6.41. The lowest BCUT2D eigenvalue weighted by atomic mass is 10.2. The molecule has 20 heavy (non-hydrogen) atoms. The van der Waals surface area contributed by atoms with E-state index in [2.05, 4.69) is 10.6 Å². The number of aryl methyl sites for hydroxylation is 1. The first-order chi connectivity index (χ1) is 9.43. The third-order valence-corrected chi connectivity index (χ3v) is 3.03. The lowest BCUT2D eigenvalue weighted by Crippen LogP contribution is -2.39. The Morgan fingerprint density at radius 1 is 1.35 bits per heavy atom. The highest BCUT2D eigenvalue weighted by Gasteiger charge is 2.16. The Labute approximate surface area is 123 Å². The summed E-state index contributed by atoms with van der Waals surface area (Å²) in [5.41, 5.74) is 1.31. The van der Waals surface area contributed by atoms with E-state index in [1.165, 1.54) is 0 Å². The van der Waals surface area contributed by atoms with Gasteiger partial charge in [0, 0.05) is 6.54 Å². The molecular formula is C14H19ClN2O3. The topological polar surface area (TPSA) is 78.4 Å². The lowest BCUT2D eigenvalue weighted by molar-refractivity contribution is -0.136. The zero-order chi connectivity index (χ0) is 15.1. The van der Waals surface area contributed by atoms with Crippen molar-refractivity contribution in [2.45, 2.75) is 32.8 Å². The molecule has 1 unspecified atom stereocenters. The van der Waals surface area contributed by atoms with Gasteiger partial charge in [-0.25, -0.2) is 0 Å². The first kappa shape index (κ1) is 16.5. The number of benzene rings is 1. The Morgan fingerprint density at radius 3 is 2.70 bits per heavy atom. The smallest absolute Gasteiger partial charge is 0.313 e. The number of carbonyl (C=O) groups excluding carboxylic acids is 2. The fraction of sp³-hybridized carbons (Fsp3) is 0.429. The average molecular weight is 299 g/mol. The maximum atomic E-state index is 11.7. The zero-order valence-electron chi connectivity index (χ0n) is 11.6. The van der Waals surface area contributed by atoms with E-state index in [0.717, 1.165) is 12.0 Å². The van der Waals surface area contributed by atoms with Gasteiger partial charge in [0.15, 0.2) is 0 Å². The SMILES string of the molecule is CCCC(O)CNC(=O)C(=O)Nc1cc(C)ccc1Cl. The number of anilines is 1. The van der Waals surface area contributed by atoms with E-state index in [1.54, 1.807) is 18.2 Å². The van der Waals surface area contributed by atoms with E-state index < -0.39 is 17.9 Å². The Morgan fingerprint density at radius 2 is 2.05 bits per heavy atom. The molecule has 0 radical (unpaired) electrons. The lowest BCUT2D eigenvalue weighted by Gasteiger charge is -2.11. The molecular weight excluding hydrogens is 280 g/mol. The number of aliphatic hydroxyl groups is 1. The molecule has 1 aromatic carbocycles. The number of carbonyl (C=O) groups is 2. The molecule has 3 N–H and O–H groups in total. The van der Waals surface area contributed by atoms with Gasteiger partial charge in [-0.15, -0.1) is 0 Å². The maximum Gasteiger partial charge on any atom is 0.313 e. The molecule has 0 heterocycles. The normalized spacial score (nSPS) is 11.8. The standard InChI is InChI=1S/C14H19ClN2O3/c1-3-4-10(18)8-16-13(19)14(20)17-12-7-9(2)5-6-11(12)15/h5-7,10,18H,3-4,8H2,1-2H3,(H,16,19)(H,17,20). The molecule has 0 aliphatic rings. The molecule has 110 valence electrons. The number of rotatable bonds is 5. The van der Waals surface area contributed by atoms with Crippen LogP contribution in [-0.4, -0.2) is 29.6 Å². The van der Waals surface area contributed by atoms with Gasteiger partial charge in [-0.05, 0) is 31.0 Å². The molecule has 0 fully saturated rings. The number of nitrogens with one attached hydrogen (secondary N) is 2. The Kier molecular flexibility index (Phi) is 6.48. The maximum absolute atomic E-state index is 11.7. The van der Waals surface area contributed by atoms with Crippen molar-refractivity contribution in [2.24, 2.45) is 0 Å². The van der Waals surface area contributed by atoms with Gasteiger partial charge < -0.3 is 15.7 Å². The van der Waals surface area contributed by atoms with Crippen molar-refractivity contribution in [3.8, 4) is 0 Å². The summed E-state index contributed by atoms with van der Waals surface area (Å²) in [5.74, 6) is -1.60. The molecule has 0 aliphatic heterocycles. The van der Waals surface area contributed by atoms with Crippen LogP contribution in [0.3, 0.4) is 0 Å². The zero-order valence-corrected chi connectivity index (χ0v) is 12.3. The van der Waals surface area contributed by atoms with Crippen LogP contribution in [0.15, 0.2) is 18.2 Å². The van der Waals surface area contributed by atoms with Crippen LogP contribution in [0.5, 0.6) is 0 Å². The molecule has 0 spiro atoms. The van der Waals surface area contributed by atoms with Crippen LogP contribution >= 0.6 is 11.6 Å². The third kappa shape index (κ3) is 5.19. The summed E-state index contributed by atoms with van der Waals surface area (Å²) in [6.45, 7) is 3.84. The van der Waals surface area contributed by atoms with Crippen molar-refractivity contribution in [1.82, 2.24) is 5.32 Å². The quantitative estimate of drug-likeness (QED) is 0.726. The van der Waals surface area contributed by atoms with Gasteiger partial charge in [0.2, 0.25) is 0 Å². The summed E-state index contributed by atoms with van der Waals surface area (Å²) < 4.78 is 0. The van der Waals surface area contributed by atoms with Crippen LogP contribution in [0.1, 0.15) is 25.3 Å². The van der Waals surface area contributed by atoms with E-state index in [9.17, 15) is 14.7 Å². The predicted molar refractivity (Wildman–Crippen MR) is 78.7 cm³/mol. The first-order valence-electron chi connectivity index (χ1n) is 6.47. The summed E-state index contributed by atoms with van der Waals surface area (Å²) in [6, 6.07) is 5.13. The minimum absolute atomic E-state index is 0.0572. The highest BCUT2D eigenvalue weighted by Crippen LogP contribution is 2.22. The molecule has 6 heteroatoms. The van der Waals surface area contributed by atoms with E-state index >= 15 is 0 Å². The molecule has 0 saturated carbocycles. The van der Waals surface area contributed by atoms with E-state index in [-0.39, 0.29) is 6.54 Å². The molecule has 0 bridgehead atoms. The van der Waals surface area contributed by atoms with Crippen LogP contribution in [0.2, 0.25) is 5.02 Å². The molecule has 1 aromatic rings. The predicted octanol–water partition coefficient (Wildman–Crippen LogP) is 1.86. The van der Waals surface area contributed by atoms with Crippen LogP contribution in [-0.2, 0) is 9.59 Å². The van der Waals surface area contributed by atoms with E-state index in [1.807, 2.05) is 13.8 Å². The largest absolute Gasteiger partial charge is 0.391 e. The fourth-order valence-corrected chi connectivity index (χ4v) is 1.80. The second-order valence-electron chi connectivity index (χ2n) is 4.59. The van der Waals surface area contributed by atoms with Gasteiger partial charge in [0.05, 0.1) is 16.8 Å². The van der Waals surface area contributed by atoms with Crippen molar-refractivity contribution >= 4 is 29.1 Å².